The van der Waals surface area contributed by atoms with Crippen molar-refractivity contribution in [3.05, 3.63) is 65.5 Å². The van der Waals surface area contributed by atoms with E-state index < -0.39 is 0 Å². The number of rotatable bonds is 3. The third-order valence-electron chi connectivity index (χ3n) is 2.97. The Hall–Kier alpha value is -1.83. The number of para-hydroxylation sites is 1. The zero-order valence-corrected chi connectivity index (χ0v) is 9.73. The Balaban J connectivity index is 2.44. The summed E-state index contributed by atoms with van der Waals surface area (Å²) in [5.74, 6) is 0.0619. The van der Waals surface area contributed by atoms with E-state index in [9.17, 15) is 9.50 Å². The molecule has 0 heterocycles. The predicted octanol–water partition coefficient (Wildman–Crippen LogP) is 4.07. The van der Waals surface area contributed by atoms with Crippen molar-refractivity contribution in [3.63, 3.8) is 0 Å². The summed E-state index contributed by atoms with van der Waals surface area (Å²) in [6.45, 7) is 2.03. The molecule has 2 rings (SSSR count). The molecule has 0 spiro atoms. The van der Waals surface area contributed by atoms with Crippen LogP contribution >= 0.6 is 0 Å². The fourth-order valence-electron chi connectivity index (χ4n) is 2.14. The third kappa shape index (κ3) is 2.47. The Bertz CT molecular complexity index is 508. The van der Waals surface area contributed by atoms with Crippen LogP contribution in [0.4, 0.5) is 4.39 Å². The molecule has 0 aliphatic heterocycles. The summed E-state index contributed by atoms with van der Waals surface area (Å²) >= 11 is 0. The van der Waals surface area contributed by atoms with Crippen molar-refractivity contribution in [1.29, 1.82) is 0 Å². The summed E-state index contributed by atoms with van der Waals surface area (Å²) in [4.78, 5) is 0. The minimum absolute atomic E-state index is 0.0342. The van der Waals surface area contributed by atoms with Crippen molar-refractivity contribution in [1.82, 2.24) is 0 Å². The molecule has 0 bridgehead atoms. The van der Waals surface area contributed by atoms with Crippen LogP contribution in [0.25, 0.3) is 0 Å². The van der Waals surface area contributed by atoms with Gasteiger partial charge in [-0.3, -0.25) is 0 Å². The quantitative estimate of drug-likeness (QED) is 0.842. The van der Waals surface area contributed by atoms with Gasteiger partial charge in [0.05, 0.1) is 0 Å². The van der Waals surface area contributed by atoms with E-state index in [1.165, 1.54) is 12.1 Å². The summed E-state index contributed by atoms with van der Waals surface area (Å²) in [5, 5.41) is 9.85. The topological polar surface area (TPSA) is 20.2 Å². The highest BCUT2D eigenvalue weighted by Crippen LogP contribution is 2.33. The zero-order chi connectivity index (χ0) is 12.3. The zero-order valence-electron chi connectivity index (χ0n) is 9.73. The molecular weight excluding hydrogens is 215 g/mol. The van der Waals surface area contributed by atoms with E-state index in [0.29, 0.717) is 0 Å². The van der Waals surface area contributed by atoms with Crippen LogP contribution in [0, 0.1) is 5.82 Å². The highest BCUT2D eigenvalue weighted by molar-refractivity contribution is 5.41. The number of phenols is 1. The number of halogens is 1. The number of hydrogen-bond acceptors (Lipinski definition) is 1. The van der Waals surface area contributed by atoms with Gasteiger partial charge in [-0.1, -0.05) is 37.3 Å². The lowest BCUT2D eigenvalue weighted by Gasteiger charge is -2.17. The maximum absolute atomic E-state index is 13.2. The number of phenolic OH excluding ortho intramolecular Hbond substituents is 1. The van der Waals surface area contributed by atoms with Crippen molar-refractivity contribution < 1.29 is 9.50 Å². The van der Waals surface area contributed by atoms with Gasteiger partial charge in [0, 0.05) is 11.5 Å². The van der Waals surface area contributed by atoms with Crippen molar-refractivity contribution in [2.75, 3.05) is 0 Å². The van der Waals surface area contributed by atoms with E-state index in [0.717, 1.165) is 17.5 Å². The Morgan fingerprint density at radius 1 is 1.12 bits per heavy atom. The third-order valence-corrected chi connectivity index (χ3v) is 2.97. The van der Waals surface area contributed by atoms with Crippen molar-refractivity contribution >= 4 is 0 Å². The van der Waals surface area contributed by atoms with Crippen LogP contribution in [0.15, 0.2) is 48.5 Å². The Labute approximate surface area is 101 Å². The number of aromatic hydroxyl groups is 1. The first kappa shape index (κ1) is 11.6. The predicted molar refractivity (Wildman–Crippen MR) is 66.6 cm³/mol. The summed E-state index contributed by atoms with van der Waals surface area (Å²) in [6, 6.07) is 13.8. The van der Waals surface area contributed by atoms with Gasteiger partial charge in [0.15, 0.2) is 0 Å². The Morgan fingerprint density at radius 3 is 2.53 bits per heavy atom. The largest absolute Gasteiger partial charge is 0.508 e. The molecule has 88 valence electrons. The van der Waals surface area contributed by atoms with Crippen LogP contribution in [0.1, 0.15) is 30.4 Å². The van der Waals surface area contributed by atoms with Gasteiger partial charge >= 0.3 is 0 Å². The molecule has 0 aromatic heterocycles. The maximum Gasteiger partial charge on any atom is 0.123 e. The monoisotopic (exact) mass is 230 g/mol. The van der Waals surface area contributed by atoms with Crippen LogP contribution in [-0.2, 0) is 0 Å². The molecule has 1 unspecified atom stereocenters. The lowest BCUT2D eigenvalue weighted by molar-refractivity contribution is 0.463. The molecule has 2 heteroatoms. The number of benzene rings is 2. The lowest BCUT2D eigenvalue weighted by atomic mass is 9.88. The SMILES string of the molecule is CCC(c1cccc(F)c1)c1ccccc1O. The average Bonchev–Trinajstić information content (AvgIpc) is 2.33. The first-order valence-corrected chi connectivity index (χ1v) is 5.75. The van der Waals surface area contributed by atoms with Crippen molar-refractivity contribution in [2.45, 2.75) is 19.3 Å². The standard InChI is InChI=1S/C15H15FO/c1-2-13(11-6-5-7-12(16)10-11)14-8-3-4-9-15(14)17/h3-10,13,17H,2H2,1H3. The van der Waals surface area contributed by atoms with Crippen LogP contribution < -0.4 is 0 Å². The minimum atomic E-state index is -0.239. The molecule has 1 N–H and O–H groups in total. The molecular formula is C15H15FO. The highest BCUT2D eigenvalue weighted by atomic mass is 19.1. The molecule has 17 heavy (non-hydrogen) atoms. The van der Waals surface area contributed by atoms with Gasteiger partial charge in [-0.05, 0) is 30.2 Å². The lowest BCUT2D eigenvalue weighted by Crippen LogP contribution is -2.00. The van der Waals surface area contributed by atoms with Crippen LogP contribution in [0.2, 0.25) is 0 Å². The molecule has 0 saturated heterocycles. The molecule has 1 atom stereocenters. The summed E-state index contributed by atoms with van der Waals surface area (Å²) < 4.78 is 13.2. The first-order valence-electron chi connectivity index (χ1n) is 5.75. The fourth-order valence-corrected chi connectivity index (χ4v) is 2.14. The molecule has 0 radical (unpaired) electrons. The van der Waals surface area contributed by atoms with Gasteiger partial charge in [0.1, 0.15) is 11.6 Å². The average molecular weight is 230 g/mol. The molecule has 0 aliphatic carbocycles. The molecule has 1 nitrogen and oxygen atoms in total. The molecule has 0 fully saturated rings. The molecule has 2 aromatic rings. The van der Waals surface area contributed by atoms with E-state index >= 15 is 0 Å². The summed E-state index contributed by atoms with van der Waals surface area (Å²) in [6.07, 6.45) is 0.820. The summed E-state index contributed by atoms with van der Waals surface area (Å²) in [5.41, 5.74) is 1.75. The van der Waals surface area contributed by atoms with Gasteiger partial charge in [-0.25, -0.2) is 4.39 Å². The van der Waals surface area contributed by atoms with Crippen molar-refractivity contribution in [2.24, 2.45) is 0 Å². The van der Waals surface area contributed by atoms with E-state index in [1.54, 1.807) is 18.2 Å². The molecule has 0 amide bonds. The highest BCUT2D eigenvalue weighted by Gasteiger charge is 2.15. The van der Waals surface area contributed by atoms with Gasteiger partial charge in [-0.15, -0.1) is 0 Å². The minimum Gasteiger partial charge on any atom is -0.508 e. The van der Waals surface area contributed by atoms with Crippen molar-refractivity contribution in [3.8, 4) is 5.75 Å². The second-order valence-electron chi connectivity index (χ2n) is 4.07. The molecule has 2 aromatic carbocycles. The van der Waals surface area contributed by atoms with E-state index in [4.69, 9.17) is 0 Å². The van der Waals surface area contributed by atoms with E-state index in [-0.39, 0.29) is 17.5 Å². The maximum atomic E-state index is 13.2. The van der Waals surface area contributed by atoms with Gasteiger partial charge in [-0.2, -0.15) is 0 Å². The second-order valence-corrected chi connectivity index (χ2v) is 4.07. The fraction of sp³-hybridized carbons (Fsp3) is 0.200. The second kappa shape index (κ2) is 5.00. The van der Waals surface area contributed by atoms with E-state index in [1.807, 2.05) is 25.1 Å². The van der Waals surface area contributed by atoms with Crippen LogP contribution in [-0.4, -0.2) is 5.11 Å². The first-order chi connectivity index (χ1) is 8.22. The number of hydrogen-bond donors (Lipinski definition) is 1. The molecule has 0 saturated carbocycles. The summed E-state index contributed by atoms with van der Waals surface area (Å²) in [7, 11) is 0. The van der Waals surface area contributed by atoms with Crippen LogP contribution in [0.5, 0.6) is 5.75 Å². The van der Waals surface area contributed by atoms with Crippen LogP contribution in [0.3, 0.4) is 0 Å². The smallest absolute Gasteiger partial charge is 0.123 e. The van der Waals surface area contributed by atoms with Gasteiger partial charge in [0.2, 0.25) is 0 Å². The molecule has 0 aliphatic rings. The van der Waals surface area contributed by atoms with Gasteiger partial charge in [0.25, 0.3) is 0 Å². The Morgan fingerprint density at radius 2 is 1.88 bits per heavy atom. The normalized spacial score (nSPS) is 12.4. The van der Waals surface area contributed by atoms with Gasteiger partial charge < -0.3 is 5.11 Å². The van der Waals surface area contributed by atoms with E-state index in [2.05, 4.69) is 0 Å². The Kier molecular flexibility index (Phi) is 3.43.